The Labute approximate surface area is 178 Å². The quantitative estimate of drug-likeness (QED) is 0.522. The number of esters is 1. The largest absolute Gasteiger partial charge is 0.467 e. The van der Waals surface area contributed by atoms with E-state index in [4.69, 9.17) is 14.4 Å². The number of benzene rings is 2. The molecule has 2 aromatic carbocycles. The predicted molar refractivity (Wildman–Crippen MR) is 112 cm³/mol. The number of nitrogens with one attached hydrogen (secondary N) is 1. The molecule has 0 unspecified atom stereocenters. The summed E-state index contributed by atoms with van der Waals surface area (Å²) in [6.45, 7) is -0.0449. The van der Waals surface area contributed by atoms with Crippen molar-refractivity contribution in [3.05, 3.63) is 84.1 Å². The van der Waals surface area contributed by atoms with E-state index >= 15 is 0 Å². The zero-order chi connectivity index (χ0) is 22.1. The van der Waals surface area contributed by atoms with Gasteiger partial charge in [0, 0.05) is 17.9 Å². The van der Waals surface area contributed by atoms with Crippen molar-refractivity contribution in [2.24, 2.45) is 0 Å². The maximum atomic E-state index is 13.2. The third kappa shape index (κ3) is 5.93. The molecule has 3 aromatic rings. The summed E-state index contributed by atoms with van der Waals surface area (Å²) in [6, 6.07) is 17.6. The van der Waals surface area contributed by atoms with E-state index in [0.29, 0.717) is 23.7 Å². The van der Waals surface area contributed by atoms with Gasteiger partial charge in [-0.15, -0.1) is 0 Å². The highest BCUT2D eigenvalue weighted by molar-refractivity contribution is 5.99. The number of carbonyl (C=O) groups excluding carboxylic acids is 2. The van der Waals surface area contributed by atoms with Gasteiger partial charge in [-0.3, -0.25) is 4.79 Å². The maximum absolute atomic E-state index is 13.2. The van der Waals surface area contributed by atoms with Gasteiger partial charge in [0.05, 0.1) is 30.9 Å². The third-order valence-corrected chi connectivity index (χ3v) is 4.39. The van der Waals surface area contributed by atoms with Crippen LogP contribution in [0, 0.1) is 17.1 Å². The van der Waals surface area contributed by atoms with Gasteiger partial charge in [-0.2, -0.15) is 5.26 Å². The van der Waals surface area contributed by atoms with Crippen LogP contribution in [-0.2, 0) is 16.1 Å². The first-order valence-corrected chi connectivity index (χ1v) is 9.54. The van der Waals surface area contributed by atoms with Crippen LogP contribution < -0.4 is 10.2 Å². The highest BCUT2D eigenvalue weighted by Crippen LogP contribution is 2.19. The maximum Gasteiger partial charge on any atom is 0.340 e. The summed E-state index contributed by atoms with van der Waals surface area (Å²) in [7, 11) is 0. The number of anilines is 2. The van der Waals surface area contributed by atoms with Gasteiger partial charge in [-0.05, 0) is 48.5 Å². The van der Waals surface area contributed by atoms with Gasteiger partial charge >= 0.3 is 5.97 Å². The predicted octanol–water partition coefficient (Wildman–Crippen LogP) is 4.13. The fourth-order valence-corrected chi connectivity index (χ4v) is 2.87. The number of nitriles is 1. The number of carbonyl (C=O) groups is 2. The molecule has 8 heteroatoms. The summed E-state index contributed by atoms with van der Waals surface area (Å²) in [6.07, 6.45) is 1.64. The molecule has 0 atom stereocenters. The summed E-state index contributed by atoms with van der Waals surface area (Å²) in [5.41, 5.74) is 1.22. The van der Waals surface area contributed by atoms with Gasteiger partial charge in [0.15, 0.2) is 6.61 Å². The highest BCUT2D eigenvalue weighted by atomic mass is 19.1. The van der Waals surface area contributed by atoms with Crippen molar-refractivity contribution in [3.63, 3.8) is 0 Å². The van der Waals surface area contributed by atoms with Crippen LogP contribution >= 0.6 is 0 Å². The molecule has 31 heavy (non-hydrogen) atoms. The fourth-order valence-electron chi connectivity index (χ4n) is 2.87. The summed E-state index contributed by atoms with van der Waals surface area (Å²) < 4.78 is 23.7. The molecule has 0 bridgehead atoms. The van der Waals surface area contributed by atoms with Crippen LogP contribution in [0.1, 0.15) is 22.5 Å². The standard InChI is InChI=1S/C23H20FN3O4/c24-17-8-10-18(11-9-17)27(13-4-12-25)22(28)16-31-23(29)20-6-1-2-7-21(20)26-15-19-5-3-14-30-19/h1-3,5-11,14,26H,4,13,15-16H2. The average Bonchev–Trinajstić information content (AvgIpc) is 3.31. The van der Waals surface area contributed by atoms with Crippen LogP contribution in [-0.4, -0.2) is 25.0 Å². The minimum Gasteiger partial charge on any atom is -0.467 e. The Morgan fingerprint density at radius 2 is 1.87 bits per heavy atom. The van der Waals surface area contributed by atoms with Gasteiger partial charge in [0.2, 0.25) is 0 Å². The first-order valence-electron chi connectivity index (χ1n) is 9.54. The molecule has 158 valence electrons. The molecule has 1 amide bonds. The van der Waals surface area contributed by atoms with Crippen molar-refractivity contribution in [1.29, 1.82) is 5.26 Å². The zero-order valence-electron chi connectivity index (χ0n) is 16.6. The molecule has 3 rings (SSSR count). The molecule has 0 spiro atoms. The van der Waals surface area contributed by atoms with Gasteiger partial charge in [0.1, 0.15) is 11.6 Å². The van der Waals surface area contributed by atoms with Crippen molar-refractivity contribution < 1.29 is 23.1 Å². The second-order valence-electron chi connectivity index (χ2n) is 6.48. The lowest BCUT2D eigenvalue weighted by atomic mass is 10.2. The van der Waals surface area contributed by atoms with E-state index < -0.39 is 24.3 Å². The molecular formula is C23H20FN3O4. The number of halogens is 1. The Morgan fingerprint density at radius 3 is 2.58 bits per heavy atom. The summed E-state index contributed by atoms with van der Waals surface area (Å²) in [5, 5.41) is 12.0. The lowest BCUT2D eigenvalue weighted by molar-refractivity contribution is -0.121. The van der Waals surface area contributed by atoms with Gasteiger partial charge in [-0.1, -0.05) is 12.1 Å². The van der Waals surface area contributed by atoms with Crippen LogP contribution in [0.2, 0.25) is 0 Å². The Kier molecular flexibility index (Phi) is 7.38. The summed E-state index contributed by atoms with van der Waals surface area (Å²) >= 11 is 0. The first-order chi connectivity index (χ1) is 15.1. The Bertz CT molecular complexity index is 1060. The minimum absolute atomic E-state index is 0.0800. The second kappa shape index (κ2) is 10.6. The fraction of sp³-hybridized carbons (Fsp3) is 0.174. The van der Waals surface area contributed by atoms with E-state index in [1.165, 1.54) is 29.2 Å². The number of furan rings is 1. The van der Waals surface area contributed by atoms with Gasteiger partial charge < -0.3 is 19.4 Å². The SMILES string of the molecule is N#CCCN(C(=O)COC(=O)c1ccccc1NCc1ccco1)c1ccc(F)cc1. The number of amides is 1. The third-order valence-electron chi connectivity index (χ3n) is 4.39. The number of hydrogen-bond donors (Lipinski definition) is 1. The minimum atomic E-state index is -0.671. The van der Waals surface area contributed by atoms with E-state index in [2.05, 4.69) is 5.32 Å². The van der Waals surface area contributed by atoms with Crippen LogP contribution in [0.3, 0.4) is 0 Å². The Hall–Kier alpha value is -4.12. The topological polar surface area (TPSA) is 95.6 Å². The molecule has 1 heterocycles. The van der Waals surface area contributed by atoms with Crippen molar-refractivity contribution in [2.75, 3.05) is 23.4 Å². The molecule has 0 radical (unpaired) electrons. The number of para-hydroxylation sites is 1. The number of ether oxygens (including phenoxy) is 1. The zero-order valence-corrected chi connectivity index (χ0v) is 16.6. The molecule has 1 N–H and O–H groups in total. The Morgan fingerprint density at radius 1 is 1.10 bits per heavy atom. The normalized spacial score (nSPS) is 10.2. The van der Waals surface area contributed by atoms with Crippen LogP contribution in [0.5, 0.6) is 0 Å². The highest BCUT2D eigenvalue weighted by Gasteiger charge is 2.19. The molecule has 0 saturated carbocycles. The van der Waals surface area contributed by atoms with E-state index in [0.717, 1.165) is 0 Å². The van der Waals surface area contributed by atoms with Crippen molar-refractivity contribution >= 4 is 23.3 Å². The molecular weight excluding hydrogens is 401 g/mol. The molecule has 0 fully saturated rings. The van der Waals surface area contributed by atoms with Gasteiger partial charge in [-0.25, -0.2) is 9.18 Å². The monoisotopic (exact) mass is 421 g/mol. The van der Waals surface area contributed by atoms with Crippen LogP contribution in [0.4, 0.5) is 15.8 Å². The van der Waals surface area contributed by atoms with Crippen LogP contribution in [0.15, 0.2) is 71.3 Å². The number of hydrogen-bond acceptors (Lipinski definition) is 6. The molecule has 0 aliphatic rings. The average molecular weight is 421 g/mol. The van der Waals surface area contributed by atoms with Crippen molar-refractivity contribution in [3.8, 4) is 6.07 Å². The smallest absolute Gasteiger partial charge is 0.340 e. The molecule has 0 saturated heterocycles. The number of rotatable bonds is 9. The lowest BCUT2D eigenvalue weighted by Gasteiger charge is -2.21. The molecule has 0 aliphatic heterocycles. The summed E-state index contributed by atoms with van der Waals surface area (Å²) in [4.78, 5) is 26.5. The molecule has 0 aliphatic carbocycles. The van der Waals surface area contributed by atoms with E-state index in [9.17, 15) is 14.0 Å². The second-order valence-corrected chi connectivity index (χ2v) is 6.48. The summed E-state index contributed by atoms with van der Waals surface area (Å²) in [5.74, 6) is -0.932. The number of nitrogens with zero attached hydrogens (tertiary/aromatic N) is 2. The first kappa shape index (κ1) is 21.6. The van der Waals surface area contributed by atoms with Crippen molar-refractivity contribution in [2.45, 2.75) is 13.0 Å². The lowest BCUT2D eigenvalue weighted by Crippen LogP contribution is -2.35. The molecule has 7 nitrogen and oxygen atoms in total. The van der Waals surface area contributed by atoms with Crippen LogP contribution in [0.25, 0.3) is 0 Å². The Balaban J connectivity index is 1.65. The van der Waals surface area contributed by atoms with E-state index in [-0.39, 0.29) is 18.5 Å². The van der Waals surface area contributed by atoms with E-state index in [1.807, 2.05) is 6.07 Å². The van der Waals surface area contributed by atoms with Gasteiger partial charge in [0.25, 0.3) is 5.91 Å². The van der Waals surface area contributed by atoms with E-state index in [1.54, 1.807) is 42.7 Å². The van der Waals surface area contributed by atoms with Crippen molar-refractivity contribution in [1.82, 2.24) is 0 Å². The molecule has 1 aromatic heterocycles.